The second kappa shape index (κ2) is 8.38. The Balaban J connectivity index is 1.47. The number of rotatable bonds is 7. The smallest absolute Gasteiger partial charge is 0.291 e. The molecule has 3 aromatic rings. The van der Waals surface area contributed by atoms with E-state index in [0.717, 1.165) is 44.8 Å². The van der Waals surface area contributed by atoms with E-state index in [4.69, 9.17) is 9.15 Å². The van der Waals surface area contributed by atoms with Crippen LogP contribution in [0, 0.1) is 0 Å². The molecule has 9 heteroatoms. The quantitative estimate of drug-likeness (QED) is 0.598. The van der Waals surface area contributed by atoms with Gasteiger partial charge in [-0.25, -0.2) is 4.68 Å². The number of amides is 1. The number of fused-ring (bicyclic) bond motifs is 3. The van der Waals surface area contributed by atoms with E-state index in [1.165, 1.54) is 4.68 Å². The normalized spacial score (nSPS) is 16.5. The van der Waals surface area contributed by atoms with Crippen LogP contribution < -0.4 is 10.9 Å². The van der Waals surface area contributed by atoms with Crippen molar-refractivity contribution >= 4 is 22.5 Å². The lowest BCUT2D eigenvalue weighted by Crippen LogP contribution is -2.40. The summed E-state index contributed by atoms with van der Waals surface area (Å²) in [6, 6.07) is 2.84. The van der Waals surface area contributed by atoms with Crippen molar-refractivity contribution in [2.45, 2.75) is 32.7 Å². The van der Waals surface area contributed by atoms with Crippen LogP contribution in [-0.4, -0.2) is 64.4 Å². The number of aryl methyl sites for hydroxylation is 1. The first-order chi connectivity index (χ1) is 14.1. The molecular weight excluding hydrogens is 374 g/mol. The predicted octanol–water partition coefficient (Wildman–Crippen LogP) is 1.20. The van der Waals surface area contributed by atoms with Gasteiger partial charge in [0.1, 0.15) is 17.4 Å². The molecule has 1 atom stereocenters. The van der Waals surface area contributed by atoms with Gasteiger partial charge in [0.2, 0.25) is 5.91 Å². The van der Waals surface area contributed by atoms with Crippen molar-refractivity contribution in [1.29, 1.82) is 0 Å². The maximum Gasteiger partial charge on any atom is 0.291 e. The van der Waals surface area contributed by atoms with Crippen LogP contribution in [0.3, 0.4) is 0 Å². The molecule has 0 radical (unpaired) electrons. The molecule has 1 aliphatic heterocycles. The summed E-state index contributed by atoms with van der Waals surface area (Å²) in [5.74, 6) is 0.506. The van der Waals surface area contributed by atoms with Gasteiger partial charge in [0.05, 0.1) is 25.0 Å². The lowest BCUT2D eigenvalue weighted by Gasteiger charge is -2.26. The molecule has 9 nitrogen and oxygen atoms in total. The number of ether oxygens (including phenoxy) is 1. The molecule has 29 heavy (non-hydrogen) atoms. The molecule has 0 aromatic carbocycles. The zero-order valence-electron chi connectivity index (χ0n) is 16.9. The summed E-state index contributed by atoms with van der Waals surface area (Å²) in [5, 5.41) is 7.42. The Hall–Kier alpha value is -2.65. The second-order valence-corrected chi connectivity index (χ2v) is 7.33. The third kappa shape index (κ3) is 3.79. The van der Waals surface area contributed by atoms with E-state index in [9.17, 15) is 9.59 Å². The number of carbonyl (C=O) groups excluding carboxylic acids is 1. The molecule has 0 unspecified atom stereocenters. The molecule has 1 saturated heterocycles. The zero-order chi connectivity index (χ0) is 20.4. The van der Waals surface area contributed by atoms with Crippen molar-refractivity contribution < 1.29 is 13.9 Å². The highest BCUT2D eigenvalue weighted by Crippen LogP contribution is 2.21. The standard InChI is InChI=1S/C20H27N5O4/c1-3-18-22-25(20(27)16-13-17-15(24(16)18)5-10-29-17)14(2)19(26)21-6-4-7-23-8-11-28-12-9-23/h5,10,13-14H,3-4,6-9,11-12H2,1-2H3,(H,21,26)/t14-/m1/s1. The summed E-state index contributed by atoms with van der Waals surface area (Å²) in [5.41, 5.74) is 1.62. The highest BCUT2D eigenvalue weighted by Gasteiger charge is 2.22. The number of hydrogen-bond acceptors (Lipinski definition) is 6. The molecule has 1 fully saturated rings. The van der Waals surface area contributed by atoms with Crippen LogP contribution >= 0.6 is 0 Å². The average molecular weight is 401 g/mol. The highest BCUT2D eigenvalue weighted by atomic mass is 16.5. The van der Waals surface area contributed by atoms with E-state index in [2.05, 4.69) is 15.3 Å². The Morgan fingerprint density at radius 2 is 2.10 bits per heavy atom. The van der Waals surface area contributed by atoms with Gasteiger partial charge in [-0.2, -0.15) is 5.10 Å². The molecule has 156 valence electrons. The number of furan rings is 1. The third-order valence-electron chi connectivity index (χ3n) is 5.45. The minimum absolute atomic E-state index is 0.205. The molecule has 4 heterocycles. The number of nitrogens with zero attached hydrogens (tertiary/aromatic N) is 4. The summed E-state index contributed by atoms with van der Waals surface area (Å²) in [7, 11) is 0. The molecule has 4 rings (SSSR count). The van der Waals surface area contributed by atoms with E-state index in [1.807, 2.05) is 17.4 Å². The van der Waals surface area contributed by atoms with Gasteiger partial charge in [-0.1, -0.05) is 6.92 Å². The summed E-state index contributed by atoms with van der Waals surface area (Å²) in [6.07, 6.45) is 3.07. The minimum atomic E-state index is -0.692. The summed E-state index contributed by atoms with van der Waals surface area (Å²) >= 11 is 0. The number of aromatic nitrogens is 3. The fourth-order valence-corrected chi connectivity index (χ4v) is 3.78. The SMILES string of the molecule is CCc1nn([C@H](C)C(=O)NCCCN2CCOCC2)c(=O)c2cc3occc3n12. The first kappa shape index (κ1) is 19.7. The van der Waals surface area contributed by atoms with Crippen LogP contribution in [0.15, 0.2) is 27.6 Å². The second-order valence-electron chi connectivity index (χ2n) is 7.33. The number of hydrogen-bond donors (Lipinski definition) is 1. The number of nitrogens with one attached hydrogen (secondary N) is 1. The van der Waals surface area contributed by atoms with Crippen molar-refractivity contribution in [3.05, 3.63) is 34.6 Å². The van der Waals surface area contributed by atoms with Gasteiger partial charge >= 0.3 is 0 Å². The van der Waals surface area contributed by atoms with Crippen LogP contribution in [0.25, 0.3) is 16.6 Å². The molecule has 0 bridgehead atoms. The van der Waals surface area contributed by atoms with Crippen LogP contribution in [-0.2, 0) is 16.0 Å². The molecular formula is C20H27N5O4. The first-order valence-corrected chi connectivity index (χ1v) is 10.2. The molecule has 0 aliphatic carbocycles. The largest absolute Gasteiger partial charge is 0.463 e. The van der Waals surface area contributed by atoms with E-state index >= 15 is 0 Å². The maximum absolute atomic E-state index is 13.0. The molecule has 0 saturated carbocycles. The number of morpholine rings is 1. The van der Waals surface area contributed by atoms with E-state index in [-0.39, 0.29) is 11.5 Å². The van der Waals surface area contributed by atoms with Crippen LogP contribution in [0.2, 0.25) is 0 Å². The average Bonchev–Trinajstić information content (AvgIpc) is 3.34. The Morgan fingerprint density at radius 3 is 2.86 bits per heavy atom. The zero-order valence-corrected chi connectivity index (χ0v) is 16.9. The first-order valence-electron chi connectivity index (χ1n) is 10.2. The topological polar surface area (TPSA) is 94.0 Å². The van der Waals surface area contributed by atoms with Crippen LogP contribution in [0.5, 0.6) is 0 Å². The Labute approximate surface area is 168 Å². The van der Waals surface area contributed by atoms with Crippen LogP contribution in [0.1, 0.15) is 32.1 Å². The van der Waals surface area contributed by atoms with Crippen molar-refractivity contribution in [2.75, 3.05) is 39.4 Å². The summed E-state index contributed by atoms with van der Waals surface area (Å²) < 4.78 is 13.9. The summed E-state index contributed by atoms with van der Waals surface area (Å²) in [4.78, 5) is 27.9. The fourth-order valence-electron chi connectivity index (χ4n) is 3.78. The van der Waals surface area contributed by atoms with Gasteiger partial charge in [-0.3, -0.25) is 18.9 Å². The lowest BCUT2D eigenvalue weighted by molar-refractivity contribution is -0.124. The van der Waals surface area contributed by atoms with Gasteiger partial charge in [0, 0.05) is 38.2 Å². The molecule has 1 aliphatic rings. The van der Waals surface area contributed by atoms with E-state index in [0.29, 0.717) is 29.9 Å². The molecule has 1 amide bonds. The van der Waals surface area contributed by atoms with Crippen molar-refractivity contribution in [3.8, 4) is 0 Å². The van der Waals surface area contributed by atoms with E-state index < -0.39 is 6.04 Å². The minimum Gasteiger partial charge on any atom is -0.463 e. The molecule has 0 spiro atoms. The molecule has 3 aromatic heterocycles. The van der Waals surface area contributed by atoms with E-state index in [1.54, 1.807) is 19.3 Å². The number of carbonyl (C=O) groups is 1. The monoisotopic (exact) mass is 401 g/mol. The van der Waals surface area contributed by atoms with Gasteiger partial charge in [-0.15, -0.1) is 0 Å². The maximum atomic E-state index is 13.0. The lowest BCUT2D eigenvalue weighted by atomic mass is 10.3. The predicted molar refractivity (Wildman–Crippen MR) is 108 cm³/mol. The Kier molecular flexibility index (Phi) is 5.68. The van der Waals surface area contributed by atoms with Gasteiger partial charge in [0.15, 0.2) is 5.58 Å². The van der Waals surface area contributed by atoms with Crippen molar-refractivity contribution in [3.63, 3.8) is 0 Å². The van der Waals surface area contributed by atoms with Crippen molar-refractivity contribution in [1.82, 2.24) is 24.4 Å². The van der Waals surface area contributed by atoms with Gasteiger partial charge < -0.3 is 14.5 Å². The fraction of sp³-hybridized carbons (Fsp3) is 0.550. The summed E-state index contributed by atoms with van der Waals surface area (Å²) in [6.45, 7) is 8.57. The van der Waals surface area contributed by atoms with Gasteiger partial charge in [0.25, 0.3) is 5.56 Å². The Morgan fingerprint density at radius 1 is 1.31 bits per heavy atom. The van der Waals surface area contributed by atoms with Gasteiger partial charge in [-0.05, 0) is 19.9 Å². The van der Waals surface area contributed by atoms with Crippen LogP contribution in [0.4, 0.5) is 0 Å². The third-order valence-corrected chi connectivity index (χ3v) is 5.45. The Bertz CT molecular complexity index is 1060. The van der Waals surface area contributed by atoms with Crippen molar-refractivity contribution in [2.24, 2.45) is 0 Å². The highest BCUT2D eigenvalue weighted by molar-refractivity contribution is 5.83. The molecule has 1 N–H and O–H groups in total.